The smallest absolute Gasteiger partial charge is 0.120 e. The van der Waals surface area contributed by atoms with Gasteiger partial charge in [-0.1, -0.05) is 49.6 Å². The largest absolute Gasteiger partial charge is 0.387 e. The number of hydrogen-bond acceptors (Lipinski definition) is 3. The summed E-state index contributed by atoms with van der Waals surface area (Å²) >= 11 is 1.72. The van der Waals surface area contributed by atoms with Crippen LogP contribution in [-0.2, 0) is 0 Å². The number of benzene rings is 1. The quantitative estimate of drug-likeness (QED) is 0.762. The Morgan fingerprint density at radius 2 is 1.91 bits per heavy atom. The van der Waals surface area contributed by atoms with Crippen LogP contribution in [-0.4, -0.2) is 14.5 Å². The summed E-state index contributed by atoms with van der Waals surface area (Å²) in [6, 6.07) is 10.4. The van der Waals surface area contributed by atoms with E-state index >= 15 is 0 Å². The van der Waals surface area contributed by atoms with E-state index in [0.29, 0.717) is 5.92 Å². The molecule has 1 saturated carbocycles. The average Bonchev–Trinajstić information content (AvgIpc) is 3.16. The Morgan fingerprint density at radius 1 is 1.14 bits per heavy atom. The second kappa shape index (κ2) is 5.86. The summed E-state index contributed by atoms with van der Waals surface area (Å²) in [7, 11) is 0. The van der Waals surface area contributed by atoms with Gasteiger partial charge >= 0.3 is 0 Å². The molecule has 0 spiro atoms. The Labute approximate surface area is 134 Å². The van der Waals surface area contributed by atoms with E-state index in [2.05, 4.69) is 33.7 Å². The van der Waals surface area contributed by atoms with Crippen molar-refractivity contribution in [2.24, 2.45) is 5.92 Å². The molecule has 1 aliphatic rings. The first-order valence-electron chi connectivity index (χ1n) is 8.03. The summed E-state index contributed by atoms with van der Waals surface area (Å²) in [4.78, 5) is 6.52. The van der Waals surface area contributed by atoms with Gasteiger partial charge < -0.3 is 5.11 Å². The topological polar surface area (TPSA) is 37.5 Å². The van der Waals surface area contributed by atoms with Crippen LogP contribution in [0.25, 0.3) is 15.3 Å². The van der Waals surface area contributed by atoms with E-state index in [9.17, 15) is 5.11 Å². The van der Waals surface area contributed by atoms with Gasteiger partial charge in [0.25, 0.3) is 0 Å². The molecule has 0 radical (unpaired) electrons. The summed E-state index contributed by atoms with van der Waals surface area (Å²) < 4.78 is 2.08. The highest BCUT2D eigenvalue weighted by atomic mass is 32.1. The molecule has 1 aromatic carbocycles. The number of hydrogen-bond donors (Lipinski definition) is 1. The highest BCUT2D eigenvalue weighted by molar-refractivity contribution is 7.20. The molecular formula is C18H20N2OS. The molecule has 1 fully saturated rings. The van der Waals surface area contributed by atoms with Crippen molar-refractivity contribution in [2.75, 3.05) is 0 Å². The highest BCUT2D eigenvalue weighted by Gasteiger charge is 2.28. The van der Waals surface area contributed by atoms with Crippen LogP contribution in [0.4, 0.5) is 0 Å². The van der Waals surface area contributed by atoms with Gasteiger partial charge in [0.2, 0.25) is 0 Å². The minimum Gasteiger partial charge on any atom is -0.387 e. The van der Waals surface area contributed by atoms with E-state index < -0.39 is 6.10 Å². The third-order valence-electron chi connectivity index (χ3n) is 4.72. The molecule has 4 heteroatoms. The second-order valence-corrected chi connectivity index (χ2v) is 7.16. The standard InChI is InChI=1S/C18H20N2OS/c21-17(13-7-3-1-4-8-13)16-18(14-9-5-2-6-10-14)22-15-11-19-12-20(15)16/h2,5-6,9-13,17,21H,1,3-4,7-8H2. The molecule has 0 saturated heterocycles. The van der Waals surface area contributed by atoms with E-state index in [1.54, 1.807) is 11.3 Å². The normalized spacial score (nSPS) is 17.9. The molecule has 1 N–H and O–H groups in total. The van der Waals surface area contributed by atoms with E-state index in [4.69, 9.17) is 0 Å². The van der Waals surface area contributed by atoms with Gasteiger partial charge in [-0.3, -0.25) is 4.40 Å². The molecular weight excluding hydrogens is 292 g/mol. The molecule has 0 bridgehead atoms. The SMILES string of the molecule is OC(c1c(-c2ccccc2)sc2cncn12)C1CCCCC1. The lowest BCUT2D eigenvalue weighted by Gasteiger charge is -2.27. The zero-order valence-corrected chi connectivity index (χ0v) is 13.3. The van der Waals surface area contributed by atoms with Gasteiger partial charge in [0.15, 0.2) is 0 Å². The van der Waals surface area contributed by atoms with Crippen LogP contribution in [0.2, 0.25) is 0 Å². The van der Waals surface area contributed by atoms with Gasteiger partial charge in [-0.2, -0.15) is 0 Å². The molecule has 4 rings (SSSR count). The van der Waals surface area contributed by atoms with E-state index in [-0.39, 0.29) is 0 Å². The van der Waals surface area contributed by atoms with Crippen molar-refractivity contribution < 1.29 is 5.11 Å². The lowest BCUT2D eigenvalue weighted by molar-refractivity contribution is 0.0811. The predicted molar refractivity (Wildman–Crippen MR) is 90.0 cm³/mol. The van der Waals surface area contributed by atoms with Crippen LogP contribution >= 0.6 is 11.3 Å². The maximum Gasteiger partial charge on any atom is 0.120 e. The Bertz CT molecular complexity index is 756. The second-order valence-electron chi connectivity index (χ2n) is 6.13. The summed E-state index contributed by atoms with van der Waals surface area (Å²) in [5.41, 5.74) is 2.21. The number of aliphatic hydroxyl groups excluding tert-OH is 1. The third kappa shape index (κ3) is 2.36. The zero-order chi connectivity index (χ0) is 14.9. The molecule has 0 amide bonds. The number of aromatic nitrogens is 2. The summed E-state index contributed by atoms with van der Waals surface area (Å²) in [5, 5.41) is 11.1. The van der Waals surface area contributed by atoms with Crippen molar-refractivity contribution in [3.63, 3.8) is 0 Å². The Kier molecular flexibility index (Phi) is 3.72. The number of imidazole rings is 1. The van der Waals surface area contributed by atoms with Crippen LogP contribution in [0, 0.1) is 5.92 Å². The molecule has 3 nitrogen and oxygen atoms in total. The summed E-state index contributed by atoms with van der Waals surface area (Å²) in [5.74, 6) is 0.372. The van der Waals surface area contributed by atoms with Gasteiger partial charge in [0.1, 0.15) is 11.2 Å². The average molecular weight is 312 g/mol. The third-order valence-corrected chi connectivity index (χ3v) is 5.88. The van der Waals surface area contributed by atoms with Crippen LogP contribution in [0.3, 0.4) is 0 Å². The molecule has 3 aromatic rings. The molecule has 1 atom stereocenters. The fraction of sp³-hybridized carbons (Fsp3) is 0.389. The number of aliphatic hydroxyl groups is 1. The molecule has 2 aromatic heterocycles. The van der Waals surface area contributed by atoms with E-state index in [1.807, 2.05) is 18.6 Å². The van der Waals surface area contributed by atoms with E-state index in [1.165, 1.54) is 29.7 Å². The molecule has 114 valence electrons. The van der Waals surface area contributed by atoms with Crippen LogP contribution in [0.5, 0.6) is 0 Å². The lowest BCUT2D eigenvalue weighted by Crippen LogP contribution is -2.17. The fourth-order valence-electron chi connectivity index (χ4n) is 3.55. The van der Waals surface area contributed by atoms with Crippen LogP contribution in [0.15, 0.2) is 42.9 Å². The van der Waals surface area contributed by atoms with E-state index in [0.717, 1.165) is 23.4 Å². The van der Waals surface area contributed by atoms with Gasteiger partial charge in [0.05, 0.1) is 22.9 Å². The maximum atomic E-state index is 11.1. The van der Waals surface area contributed by atoms with Crippen molar-refractivity contribution in [3.05, 3.63) is 48.5 Å². The molecule has 22 heavy (non-hydrogen) atoms. The van der Waals surface area contributed by atoms with Crippen molar-refractivity contribution in [3.8, 4) is 10.4 Å². The number of nitrogens with zero attached hydrogens (tertiary/aromatic N) is 2. The minimum atomic E-state index is -0.404. The van der Waals surface area contributed by atoms with Crippen molar-refractivity contribution >= 4 is 16.2 Å². The van der Waals surface area contributed by atoms with Gasteiger partial charge in [-0.15, -0.1) is 11.3 Å². The molecule has 1 unspecified atom stereocenters. The van der Waals surface area contributed by atoms with Crippen molar-refractivity contribution in [1.82, 2.24) is 9.38 Å². The monoisotopic (exact) mass is 312 g/mol. The Hall–Kier alpha value is -1.65. The lowest BCUT2D eigenvalue weighted by atomic mass is 9.83. The zero-order valence-electron chi connectivity index (χ0n) is 12.5. The summed E-state index contributed by atoms with van der Waals surface area (Å²) in [6.45, 7) is 0. The first kappa shape index (κ1) is 14.0. The van der Waals surface area contributed by atoms with Crippen LogP contribution in [0.1, 0.15) is 43.9 Å². The molecule has 1 aliphatic carbocycles. The predicted octanol–water partition coefficient (Wildman–Crippen LogP) is 4.68. The number of fused-ring (bicyclic) bond motifs is 1. The van der Waals surface area contributed by atoms with Gasteiger partial charge in [0, 0.05) is 0 Å². The molecule has 2 heterocycles. The van der Waals surface area contributed by atoms with Gasteiger partial charge in [-0.05, 0) is 24.3 Å². The molecule has 0 aliphatic heterocycles. The number of thiazole rings is 1. The van der Waals surface area contributed by atoms with Crippen molar-refractivity contribution in [1.29, 1.82) is 0 Å². The summed E-state index contributed by atoms with van der Waals surface area (Å²) in [6.07, 6.45) is 9.34. The van der Waals surface area contributed by atoms with Crippen molar-refractivity contribution in [2.45, 2.75) is 38.2 Å². The maximum absolute atomic E-state index is 11.1. The van der Waals surface area contributed by atoms with Crippen LogP contribution < -0.4 is 0 Å². The number of rotatable bonds is 3. The Morgan fingerprint density at radius 3 is 2.68 bits per heavy atom. The first-order valence-corrected chi connectivity index (χ1v) is 8.84. The first-order chi connectivity index (χ1) is 10.8. The highest BCUT2D eigenvalue weighted by Crippen LogP contribution is 2.42. The minimum absolute atomic E-state index is 0.372. The Balaban J connectivity index is 1.82. The fourth-order valence-corrected chi connectivity index (χ4v) is 4.70. The van der Waals surface area contributed by atoms with Gasteiger partial charge in [-0.25, -0.2) is 4.98 Å².